The molecule has 2 rings (SSSR count). The molecule has 0 aliphatic carbocycles. The van der Waals surface area contributed by atoms with Gasteiger partial charge < -0.3 is 5.32 Å². The number of amides is 1. The molecule has 0 aliphatic heterocycles. The third kappa shape index (κ3) is 4.17. The molecule has 0 bridgehead atoms. The van der Waals surface area contributed by atoms with Gasteiger partial charge in [-0.2, -0.15) is 0 Å². The van der Waals surface area contributed by atoms with Crippen LogP contribution in [-0.4, -0.2) is 27.7 Å². The Morgan fingerprint density at radius 1 is 1.24 bits per heavy atom. The zero-order valence-electron chi connectivity index (χ0n) is 12.7. The van der Waals surface area contributed by atoms with Gasteiger partial charge in [-0.1, -0.05) is 43.8 Å². The molecule has 1 amide bonds. The number of aryl methyl sites for hydroxylation is 1. The molecule has 0 spiro atoms. The Bertz CT molecular complexity index is 626. The zero-order chi connectivity index (χ0) is 15.2. The molecule has 1 aromatic heterocycles. The highest BCUT2D eigenvalue weighted by molar-refractivity contribution is 8.00. The third-order valence-electron chi connectivity index (χ3n) is 3.37. The summed E-state index contributed by atoms with van der Waals surface area (Å²) in [5, 5.41) is 4.92. The predicted molar refractivity (Wildman–Crippen MR) is 87.5 cm³/mol. The Labute approximate surface area is 129 Å². The summed E-state index contributed by atoms with van der Waals surface area (Å²) in [7, 11) is 0. The van der Waals surface area contributed by atoms with Gasteiger partial charge in [0.1, 0.15) is 10.9 Å². The van der Waals surface area contributed by atoms with Crippen LogP contribution < -0.4 is 5.32 Å². The maximum absolute atomic E-state index is 12.0. The lowest BCUT2D eigenvalue weighted by Crippen LogP contribution is -2.35. The Balaban J connectivity index is 2.08. The normalized spacial score (nSPS) is 11.0. The largest absolute Gasteiger partial charge is 0.353 e. The molecule has 21 heavy (non-hydrogen) atoms. The minimum atomic E-state index is 0.0639. The van der Waals surface area contributed by atoms with Crippen LogP contribution in [0.4, 0.5) is 0 Å². The summed E-state index contributed by atoms with van der Waals surface area (Å²) < 4.78 is 0. The fourth-order valence-corrected chi connectivity index (χ4v) is 3.04. The van der Waals surface area contributed by atoms with Crippen molar-refractivity contribution in [3.63, 3.8) is 0 Å². The van der Waals surface area contributed by atoms with E-state index in [9.17, 15) is 4.79 Å². The van der Waals surface area contributed by atoms with E-state index in [1.807, 2.05) is 31.2 Å². The van der Waals surface area contributed by atoms with E-state index in [-0.39, 0.29) is 11.9 Å². The Hall–Kier alpha value is -1.62. The summed E-state index contributed by atoms with van der Waals surface area (Å²) >= 11 is 1.47. The van der Waals surface area contributed by atoms with Gasteiger partial charge in [-0.05, 0) is 25.8 Å². The van der Waals surface area contributed by atoms with Gasteiger partial charge in [0, 0.05) is 11.4 Å². The fourth-order valence-electron chi connectivity index (χ4n) is 2.16. The quantitative estimate of drug-likeness (QED) is 0.657. The number of nitrogens with one attached hydrogen (secondary N) is 1. The lowest BCUT2D eigenvalue weighted by molar-refractivity contribution is -0.119. The van der Waals surface area contributed by atoms with Crippen molar-refractivity contribution in [3.8, 4) is 0 Å². The summed E-state index contributed by atoms with van der Waals surface area (Å²) in [6, 6.07) is 8.16. The van der Waals surface area contributed by atoms with E-state index >= 15 is 0 Å². The summed E-state index contributed by atoms with van der Waals surface area (Å²) in [4.78, 5) is 20.9. The Kier molecular flexibility index (Phi) is 5.56. The smallest absolute Gasteiger partial charge is 0.230 e. The van der Waals surface area contributed by atoms with Gasteiger partial charge in [0.2, 0.25) is 5.91 Å². The number of hydrogen-bond acceptors (Lipinski definition) is 4. The maximum atomic E-state index is 12.0. The first-order valence-corrected chi connectivity index (χ1v) is 8.28. The standard InChI is InChI=1S/C16H21N3OS/c1-4-12(5-2)19-15(20)10-21-16-13-8-6-7-9-14(13)17-11(3)18-16/h6-9,12H,4-5,10H2,1-3H3,(H,19,20). The molecule has 0 atom stereocenters. The van der Waals surface area contributed by atoms with Crippen molar-refractivity contribution in [2.45, 2.75) is 44.7 Å². The van der Waals surface area contributed by atoms with E-state index in [0.29, 0.717) is 5.75 Å². The lowest BCUT2D eigenvalue weighted by Gasteiger charge is -2.14. The molecule has 1 aromatic carbocycles. The molecular weight excluding hydrogens is 282 g/mol. The summed E-state index contributed by atoms with van der Waals surface area (Å²) in [5.74, 6) is 1.18. The SMILES string of the molecule is CCC(CC)NC(=O)CSc1nc(C)nc2ccccc12. The van der Waals surface area contributed by atoms with Crippen LogP contribution >= 0.6 is 11.8 Å². The Morgan fingerprint density at radius 2 is 1.95 bits per heavy atom. The van der Waals surface area contributed by atoms with E-state index in [4.69, 9.17) is 0 Å². The number of carbonyl (C=O) groups is 1. The molecule has 0 aliphatic rings. The molecule has 0 saturated carbocycles. The van der Waals surface area contributed by atoms with E-state index in [2.05, 4.69) is 29.1 Å². The highest BCUT2D eigenvalue weighted by Gasteiger charge is 2.11. The number of fused-ring (bicyclic) bond motifs is 1. The van der Waals surface area contributed by atoms with Crippen LogP contribution in [0.5, 0.6) is 0 Å². The van der Waals surface area contributed by atoms with E-state index < -0.39 is 0 Å². The predicted octanol–water partition coefficient (Wildman–Crippen LogP) is 3.34. The minimum absolute atomic E-state index is 0.0639. The van der Waals surface area contributed by atoms with Crippen molar-refractivity contribution in [3.05, 3.63) is 30.1 Å². The van der Waals surface area contributed by atoms with Crippen LogP contribution in [0.15, 0.2) is 29.3 Å². The van der Waals surface area contributed by atoms with E-state index in [0.717, 1.165) is 34.6 Å². The fraction of sp³-hybridized carbons (Fsp3) is 0.438. The molecular formula is C16H21N3OS. The second-order valence-electron chi connectivity index (χ2n) is 4.96. The average molecular weight is 303 g/mol. The molecule has 0 radical (unpaired) electrons. The minimum Gasteiger partial charge on any atom is -0.353 e. The third-order valence-corrected chi connectivity index (χ3v) is 4.36. The molecule has 0 unspecified atom stereocenters. The van der Waals surface area contributed by atoms with Gasteiger partial charge in [0.25, 0.3) is 0 Å². The van der Waals surface area contributed by atoms with Crippen LogP contribution in [0.2, 0.25) is 0 Å². The van der Waals surface area contributed by atoms with Crippen molar-refractivity contribution < 1.29 is 4.79 Å². The van der Waals surface area contributed by atoms with Crippen LogP contribution in [-0.2, 0) is 4.79 Å². The maximum Gasteiger partial charge on any atom is 0.230 e. The number of benzene rings is 1. The number of nitrogens with zero attached hydrogens (tertiary/aromatic N) is 2. The first-order valence-electron chi connectivity index (χ1n) is 7.29. The van der Waals surface area contributed by atoms with Crippen LogP contribution in [0.1, 0.15) is 32.5 Å². The number of carbonyl (C=O) groups excluding carboxylic acids is 1. The molecule has 0 saturated heterocycles. The zero-order valence-corrected chi connectivity index (χ0v) is 13.5. The van der Waals surface area contributed by atoms with Gasteiger partial charge in [-0.15, -0.1) is 0 Å². The molecule has 1 N–H and O–H groups in total. The number of para-hydroxylation sites is 1. The summed E-state index contributed by atoms with van der Waals surface area (Å²) in [6.07, 6.45) is 1.92. The topological polar surface area (TPSA) is 54.9 Å². The second-order valence-corrected chi connectivity index (χ2v) is 5.93. The van der Waals surface area contributed by atoms with Gasteiger partial charge in [-0.3, -0.25) is 4.79 Å². The van der Waals surface area contributed by atoms with Crippen LogP contribution in [0.25, 0.3) is 10.9 Å². The van der Waals surface area contributed by atoms with Crippen molar-refractivity contribution >= 4 is 28.6 Å². The van der Waals surface area contributed by atoms with Gasteiger partial charge in [0.15, 0.2) is 0 Å². The van der Waals surface area contributed by atoms with Gasteiger partial charge >= 0.3 is 0 Å². The molecule has 1 heterocycles. The van der Waals surface area contributed by atoms with Crippen molar-refractivity contribution in [2.75, 3.05) is 5.75 Å². The summed E-state index contributed by atoms with van der Waals surface area (Å²) in [5.41, 5.74) is 0.924. The van der Waals surface area contributed by atoms with E-state index in [1.54, 1.807) is 0 Å². The number of rotatable bonds is 6. The monoisotopic (exact) mass is 303 g/mol. The lowest BCUT2D eigenvalue weighted by atomic mass is 10.2. The second kappa shape index (κ2) is 7.41. The molecule has 0 fully saturated rings. The highest BCUT2D eigenvalue weighted by Crippen LogP contribution is 2.24. The van der Waals surface area contributed by atoms with Gasteiger partial charge in [-0.25, -0.2) is 9.97 Å². The summed E-state index contributed by atoms with van der Waals surface area (Å²) in [6.45, 7) is 6.05. The molecule has 112 valence electrons. The van der Waals surface area contributed by atoms with Crippen molar-refractivity contribution in [1.82, 2.24) is 15.3 Å². The average Bonchev–Trinajstić information content (AvgIpc) is 2.50. The molecule has 2 aromatic rings. The van der Waals surface area contributed by atoms with Gasteiger partial charge in [0.05, 0.1) is 11.3 Å². The van der Waals surface area contributed by atoms with Crippen LogP contribution in [0, 0.1) is 6.92 Å². The first kappa shape index (κ1) is 15.8. The molecule has 5 heteroatoms. The van der Waals surface area contributed by atoms with E-state index in [1.165, 1.54) is 11.8 Å². The Morgan fingerprint density at radius 3 is 2.67 bits per heavy atom. The first-order chi connectivity index (χ1) is 10.1. The van der Waals surface area contributed by atoms with Crippen molar-refractivity contribution in [1.29, 1.82) is 0 Å². The van der Waals surface area contributed by atoms with Crippen LogP contribution in [0.3, 0.4) is 0 Å². The number of hydrogen-bond donors (Lipinski definition) is 1. The molecule has 4 nitrogen and oxygen atoms in total. The number of aromatic nitrogens is 2. The highest BCUT2D eigenvalue weighted by atomic mass is 32.2. The van der Waals surface area contributed by atoms with Crippen molar-refractivity contribution in [2.24, 2.45) is 0 Å². The number of thioether (sulfide) groups is 1.